The van der Waals surface area contributed by atoms with Gasteiger partial charge in [0.05, 0.1) is 21.0 Å². The molecular weight excluding hydrogens is 330 g/mol. The molecule has 0 aromatic carbocycles. The number of hydrogen-bond donors (Lipinski definition) is 0. The SMILES string of the molecule is Cc1nc(-c2sc3c(c2C)c(=O)n(CC(C)C)c(=O)n3C)cs1. The van der Waals surface area contributed by atoms with E-state index in [1.165, 1.54) is 15.9 Å². The summed E-state index contributed by atoms with van der Waals surface area (Å²) < 4.78 is 2.93. The van der Waals surface area contributed by atoms with Crippen LogP contribution in [0.4, 0.5) is 0 Å². The standard InChI is InChI=1S/C16H19N3O2S2/c1-8(2)6-19-14(20)12-9(3)13(11-7-22-10(4)17-11)23-15(12)18(5)16(19)21/h7-8H,6H2,1-5H3. The van der Waals surface area contributed by atoms with Gasteiger partial charge in [-0.15, -0.1) is 22.7 Å². The Balaban J connectivity index is 2.37. The average molecular weight is 349 g/mol. The first-order valence-electron chi connectivity index (χ1n) is 7.46. The van der Waals surface area contributed by atoms with Gasteiger partial charge in [-0.1, -0.05) is 13.8 Å². The van der Waals surface area contributed by atoms with Crippen molar-refractivity contribution < 1.29 is 0 Å². The maximum atomic E-state index is 12.8. The van der Waals surface area contributed by atoms with E-state index >= 15 is 0 Å². The fraction of sp³-hybridized carbons (Fsp3) is 0.438. The molecule has 0 aliphatic heterocycles. The van der Waals surface area contributed by atoms with Crippen LogP contribution in [-0.4, -0.2) is 14.1 Å². The Labute approximate surface area is 141 Å². The molecule has 0 saturated carbocycles. The van der Waals surface area contributed by atoms with Gasteiger partial charge in [-0.25, -0.2) is 9.78 Å². The number of thiazole rings is 1. The van der Waals surface area contributed by atoms with Crippen molar-refractivity contribution >= 4 is 32.9 Å². The van der Waals surface area contributed by atoms with E-state index in [2.05, 4.69) is 4.98 Å². The Morgan fingerprint density at radius 1 is 1.26 bits per heavy atom. The molecule has 0 atom stereocenters. The van der Waals surface area contributed by atoms with Crippen LogP contribution in [0, 0.1) is 19.8 Å². The predicted octanol–water partition coefficient (Wildman–Crippen LogP) is 3.16. The van der Waals surface area contributed by atoms with Crippen LogP contribution in [0.1, 0.15) is 24.4 Å². The molecule has 0 saturated heterocycles. The van der Waals surface area contributed by atoms with E-state index in [0.29, 0.717) is 11.9 Å². The Hall–Kier alpha value is -1.73. The number of hydrogen-bond acceptors (Lipinski definition) is 5. The molecule has 122 valence electrons. The summed E-state index contributed by atoms with van der Waals surface area (Å²) in [7, 11) is 1.73. The van der Waals surface area contributed by atoms with Crippen LogP contribution in [0.25, 0.3) is 20.8 Å². The predicted molar refractivity (Wildman–Crippen MR) is 96.7 cm³/mol. The topological polar surface area (TPSA) is 56.9 Å². The van der Waals surface area contributed by atoms with Crippen molar-refractivity contribution in [2.45, 2.75) is 34.2 Å². The zero-order chi connectivity index (χ0) is 16.9. The van der Waals surface area contributed by atoms with Crippen molar-refractivity contribution in [3.63, 3.8) is 0 Å². The molecule has 0 aliphatic carbocycles. The van der Waals surface area contributed by atoms with E-state index in [4.69, 9.17) is 0 Å². The highest BCUT2D eigenvalue weighted by molar-refractivity contribution is 7.22. The quantitative estimate of drug-likeness (QED) is 0.730. The lowest BCUT2D eigenvalue weighted by Crippen LogP contribution is -2.39. The van der Waals surface area contributed by atoms with Crippen LogP contribution in [0.15, 0.2) is 15.0 Å². The first kappa shape index (κ1) is 16.1. The Morgan fingerprint density at radius 3 is 2.52 bits per heavy atom. The smallest absolute Gasteiger partial charge is 0.287 e. The van der Waals surface area contributed by atoms with Crippen LogP contribution in [0.2, 0.25) is 0 Å². The maximum absolute atomic E-state index is 12.8. The second-order valence-corrected chi connectivity index (χ2v) is 8.20. The summed E-state index contributed by atoms with van der Waals surface area (Å²) in [5, 5.41) is 3.62. The number of thiophene rings is 1. The van der Waals surface area contributed by atoms with Gasteiger partial charge in [0, 0.05) is 19.0 Å². The number of aromatic nitrogens is 3. The van der Waals surface area contributed by atoms with Crippen LogP contribution in [0.5, 0.6) is 0 Å². The zero-order valence-electron chi connectivity index (χ0n) is 13.8. The van der Waals surface area contributed by atoms with Gasteiger partial charge in [0.1, 0.15) is 4.83 Å². The van der Waals surface area contributed by atoms with Gasteiger partial charge in [-0.2, -0.15) is 0 Å². The van der Waals surface area contributed by atoms with E-state index in [9.17, 15) is 9.59 Å². The van der Waals surface area contributed by atoms with Crippen molar-refractivity contribution in [1.29, 1.82) is 0 Å². The number of nitrogens with zero attached hydrogens (tertiary/aromatic N) is 3. The van der Waals surface area contributed by atoms with Gasteiger partial charge in [0.15, 0.2) is 0 Å². The molecule has 0 N–H and O–H groups in total. The second kappa shape index (κ2) is 5.72. The zero-order valence-corrected chi connectivity index (χ0v) is 15.5. The Morgan fingerprint density at radius 2 is 1.96 bits per heavy atom. The van der Waals surface area contributed by atoms with Crippen LogP contribution in [0.3, 0.4) is 0 Å². The minimum absolute atomic E-state index is 0.191. The lowest BCUT2D eigenvalue weighted by Gasteiger charge is -2.10. The van der Waals surface area contributed by atoms with Crippen molar-refractivity contribution in [3.8, 4) is 10.6 Å². The average Bonchev–Trinajstić information content (AvgIpc) is 3.05. The molecule has 0 bridgehead atoms. The van der Waals surface area contributed by atoms with Crippen molar-refractivity contribution in [2.24, 2.45) is 13.0 Å². The number of aryl methyl sites for hydroxylation is 3. The Bertz CT molecular complexity index is 1000. The highest BCUT2D eigenvalue weighted by Crippen LogP contribution is 2.36. The highest BCUT2D eigenvalue weighted by Gasteiger charge is 2.20. The largest absolute Gasteiger partial charge is 0.331 e. The second-order valence-electron chi connectivity index (χ2n) is 6.14. The molecule has 0 radical (unpaired) electrons. The van der Waals surface area contributed by atoms with Gasteiger partial charge < -0.3 is 0 Å². The first-order valence-corrected chi connectivity index (χ1v) is 9.16. The first-order chi connectivity index (χ1) is 10.8. The number of fused-ring (bicyclic) bond motifs is 1. The maximum Gasteiger partial charge on any atom is 0.331 e. The third-order valence-electron chi connectivity index (χ3n) is 3.81. The van der Waals surface area contributed by atoms with E-state index in [1.54, 1.807) is 23.0 Å². The molecule has 0 fully saturated rings. The van der Waals surface area contributed by atoms with Crippen LogP contribution >= 0.6 is 22.7 Å². The lowest BCUT2D eigenvalue weighted by atomic mass is 10.2. The molecule has 23 heavy (non-hydrogen) atoms. The molecular formula is C16H19N3O2S2. The molecule has 3 heterocycles. The number of rotatable bonds is 3. The summed E-state index contributed by atoms with van der Waals surface area (Å²) >= 11 is 3.05. The van der Waals surface area contributed by atoms with E-state index < -0.39 is 0 Å². The minimum Gasteiger partial charge on any atom is -0.287 e. The highest BCUT2D eigenvalue weighted by atomic mass is 32.1. The summed E-state index contributed by atoms with van der Waals surface area (Å²) in [5.41, 5.74) is 1.35. The fourth-order valence-corrected chi connectivity index (χ4v) is 4.61. The molecule has 7 heteroatoms. The molecule has 0 spiro atoms. The van der Waals surface area contributed by atoms with Gasteiger partial charge in [-0.05, 0) is 25.3 Å². The summed E-state index contributed by atoms with van der Waals surface area (Å²) in [6.45, 7) is 8.33. The molecule has 0 unspecified atom stereocenters. The molecule has 0 aliphatic rings. The van der Waals surface area contributed by atoms with Crippen molar-refractivity contribution in [1.82, 2.24) is 14.1 Å². The van der Waals surface area contributed by atoms with Gasteiger partial charge in [0.25, 0.3) is 5.56 Å². The van der Waals surface area contributed by atoms with Crippen molar-refractivity contribution in [2.75, 3.05) is 0 Å². The van der Waals surface area contributed by atoms with E-state index in [0.717, 1.165) is 26.0 Å². The van der Waals surface area contributed by atoms with Gasteiger partial charge in [-0.3, -0.25) is 13.9 Å². The monoisotopic (exact) mass is 349 g/mol. The molecule has 3 aromatic rings. The molecule has 0 amide bonds. The molecule has 3 rings (SSSR count). The third-order valence-corrected chi connectivity index (χ3v) is 5.97. The Kier molecular flexibility index (Phi) is 4.01. The van der Waals surface area contributed by atoms with E-state index in [-0.39, 0.29) is 17.2 Å². The van der Waals surface area contributed by atoms with Gasteiger partial charge in [0.2, 0.25) is 0 Å². The third kappa shape index (κ3) is 2.57. The summed E-state index contributed by atoms with van der Waals surface area (Å²) in [6, 6.07) is 0. The normalized spacial score (nSPS) is 11.7. The lowest BCUT2D eigenvalue weighted by molar-refractivity contribution is 0.486. The van der Waals surface area contributed by atoms with Crippen LogP contribution < -0.4 is 11.2 Å². The fourth-order valence-electron chi connectivity index (χ4n) is 2.71. The van der Waals surface area contributed by atoms with Crippen LogP contribution in [-0.2, 0) is 13.6 Å². The van der Waals surface area contributed by atoms with Gasteiger partial charge >= 0.3 is 5.69 Å². The molecule has 3 aromatic heterocycles. The van der Waals surface area contributed by atoms with E-state index in [1.807, 2.05) is 33.1 Å². The summed E-state index contributed by atoms with van der Waals surface area (Å²) in [4.78, 5) is 31.6. The minimum atomic E-state index is -0.251. The summed E-state index contributed by atoms with van der Waals surface area (Å²) in [5.74, 6) is 0.234. The summed E-state index contributed by atoms with van der Waals surface area (Å²) in [6.07, 6.45) is 0. The molecule has 5 nitrogen and oxygen atoms in total. The van der Waals surface area contributed by atoms with Crippen molar-refractivity contribution in [3.05, 3.63) is 36.8 Å².